The van der Waals surface area contributed by atoms with Crippen LogP contribution in [0.2, 0.25) is 0 Å². The second-order valence-corrected chi connectivity index (χ2v) is 4.85. The predicted molar refractivity (Wildman–Crippen MR) is 82.6 cm³/mol. The topological polar surface area (TPSA) is 16.1 Å². The van der Waals surface area contributed by atoms with Gasteiger partial charge in [0.2, 0.25) is 0 Å². The Morgan fingerprint density at radius 1 is 1.32 bits per heavy atom. The first-order valence-electron chi connectivity index (χ1n) is 6.71. The normalized spacial score (nSPS) is 10.0. The predicted octanol–water partition coefficient (Wildman–Crippen LogP) is 4.33. The average Bonchev–Trinajstić information content (AvgIpc) is 2.42. The summed E-state index contributed by atoms with van der Waals surface area (Å²) in [5.74, 6) is 0. The Bertz CT molecular complexity index is 446. The summed E-state index contributed by atoms with van der Waals surface area (Å²) in [6.07, 6.45) is 6.59. The standard InChI is InChI=1S/C17H24N2/c1-6-16(5)19(14(2)3)13-15(4)9-10-17-8-7-11-18-12-17/h7-8,11-12H,2,4-6,9-10,13H2,1,3H3. The quantitative estimate of drug-likeness (QED) is 0.644. The van der Waals surface area contributed by atoms with Crippen molar-refractivity contribution in [2.75, 3.05) is 6.54 Å². The third kappa shape index (κ3) is 5.12. The van der Waals surface area contributed by atoms with Crippen molar-refractivity contribution in [3.8, 4) is 0 Å². The molecular weight excluding hydrogens is 232 g/mol. The summed E-state index contributed by atoms with van der Waals surface area (Å²) in [4.78, 5) is 6.27. The summed E-state index contributed by atoms with van der Waals surface area (Å²) in [6, 6.07) is 4.07. The maximum Gasteiger partial charge on any atom is 0.0431 e. The summed E-state index contributed by atoms with van der Waals surface area (Å²) in [5, 5.41) is 0. The Morgan fingerprint density at radius 2 is 2.05 bits per heavy atom. The molecule has 1 heterocycles. The summed E-state index contributed by atoms with van der Waals surface area (Å²) in [7, 11) is 0. The average molecular weight is 256 g/mol. The largest absolute Gasteiger partial charge is 0.346 e. The van der Waals surface area contributed by atoms with Crippen molar-refractivity contribution in [3.05, 3.63) is 66.8 Å². The van der Waals surface area contributed by atoms with Gasteiger partial charge in [-0.1, -0.05) is 38.3 Å². The number of aromatic nitrogens is 1. The van der Waals surface area contributed by atoms with Gasteiger partial charge in [-0.05, 0) is 37.8 Å². The highest BCUT2D eigenvalue weighted by Gasteiger charge is 2.08. The van der Waals surface area contributed by atoms with E-state index in [4.69, 9.17) is 0 Å². The van der Waals surface area contributed by atoms with E-state index in [9.17, 15) is 0 Å². The number of pyridine rings is 1. The van der Waals surface area contributed by atoms with Crippen LogP contribution in [0.4, 0.5) is 0 Å². The molecule has 102 valence electrons. The van der Waals surface area contributed by atoms with E-state index in [1.807, 2.05) is 19.2 Å². The molecule has 0 radical (unpaired) electrons. The van der Waals surface area contributed by atoms with Crippen LogP contribution in [-0.2, 0) is 6.42 Å². The van der Waals surface area contributed by atoms with E-state index in [1.54, 1.807) is 6.20 Å². The first-order chi connectivity index (χ1) is 9.04. The molecule has 0 aliphatic carbocycles. The van der Waals surface area contributed by atoms with Crippen LogP contribution in [0.5, 0.6) is 0 Å². The van der Waals surface area contributed by atoms with Gasteiger partial charge in [0, 0.05) is 30.3 Å². The van der Waals surface area contributed by atoms with E-state index in [0.29, 0.717) is 0 Å². The Labute approximate surface area is 117 Å². The van der Waals surface area contributed by atoms with Crippen molar-refractivity contribution >= 4 is 0 Å². The van der Waals surface area contributed by atoms with E-state index in [1.165, 1.54) is 11.1 Å². The van der Waals surface area contributed by atoms with Gasteiger partial charge >= 0.3 is 0 Å². The molecule has 0 aromatic carbocycles. The van der Waals surface area contributed by atoms with E-state index in [-0.39, 0.29) is 0 Å². The van der Waals surface area contributed by atoms with E-state index < -0.39 is 0 Å². The van der Waals surface area contributed by atoms with Gasteiger partial charge in [0.25, 0.3) is 0 Å². The maximum absolute atomic E-state index is 4.16. The van der Waals surface area contributed by atoms with Gasteiger partial charge in [0.1, 0.15) is 0 Å². The number of aryl methyl sites for hydroxylation is 1. The molecule has 1 aromatic heterocycles. The van der Waals surface area contributed by atoms with Crippen molar-refractivity contribution < 1.29 is 0 Å². The minimum absolute atomic E-state index is 0.808. The van der Waals surface area contributed by atoms with Crippen LogP contribution in [0.3, 0.4) is 0 Å². The van der Waals surface area contributed by atoms with Crippen molar-refractivity contribution in [3.63, 3.8) is 0 Å². The van der Waals surface area contributed by atoms with E-state index in [0.717, 1.165) is 37.2 Å². The summed E-state index contributed by atoms with van der Waals surface area (Å²) in [5.41, 5.74) is 4.56. The number of hydrogen-bond donors (Lipinski definition) is 0. The van der Waals surface area contributed by atoms with Crippen LogP contribution in [-0.4, -0.2) is 16.4 Å². The molecule has 0 atom stereocenters. The van der Waals surface area contributed by atoms with Crippen molar-refractivity contribution in [2.45, 2.75) is 33.1 Å². The molecule has 0 saturated carbocycles. The van der Waals surface area contributed by atoms with E-state index in [2.05, 4.69) is 42.6 Å². The third-order valence-corrected chi connectivity index (χ3v) is 3.12. The molecule has 0 N–H and O–H groups in total. The Kier molecular flexibility index (Phi) is 6.07. The fourth-order valence-electron chi connectivity index (χ4n) is 1.88. The van der Waals surface area contributed by atoms with Gasteiger partial charge in [-0.2, -0.15) is 0 Å². The van der Waals surface area contributed by atoms with E-state index >= 15 is 0 Å². The summed E-state index contributed by atoms with van der Waals surface area (Å²) in [6.45, 7) is 17.2. The smallest absolute Gasteiger partial charge is 0.0431 e. The lowest BCUT2D eigenvalue weighted by atomic mass is 10.1. The van der Waals surface area contributed by atoms with Gasteiger partial charge in [-0.15, -0.1) is 0 Å². The molecule has 2 nitrogen and oxygen atoms in total. The van der Waals surface area contributed by atoms with Gasteiger partial charge in [0.15, 0.2) is 0 Å². The third-order valence-electron chi connectivity index (χ3n) is 3.12. The van der Waals surface area contributed by atoms with Crippen LogP contribution in [0.1, 0.15) is 32.3 Å². The van der Waals surface area contributed by atoms with Gasteiger partial charge < -0.3 is 4.90 Å². The van der Waals surface area contributed by atoms with Crippen LogP contribution in [0, 0.1) is 0 Å². The number of nitrogens with zero attached hydrogens (tertiary/aromatic N) is 2. The number of hydrogen-bond acceptors (Lipinski definition) is 2. The Morgan fingerprint density at radius 3 is 2.58 bits per heavy atom. The molecule has 0 bridgehead atoms. The van der Waals surface area contributed by atoms with Crippen molar-refractivity contribution in [1.29, 1.82) is 0 Å². The Balaban J connectivity index is 2.49. The van der Waals surface area contributed by atoms with Gasteiger partial charge in [0.05, 0.1) is 0 Å². The van der Waals surface area contributed by atoms with Crippen molar-refractivity contribution in [2.24, 2.45) is 0 Å². The monoisotopic (exact) mass is 256 g/mol. The zero-order valence-electron chi connectivity index (χ0n) is 12.2. The lowest BCUT2D eigenvalue weighted by molar-refractivity contribution is 0.447. The second-order valence-electron chi connectivity index (χ2n) is 4.85. The lowest BCUT2D eigenvalue weighted by Gasteiger charge is -2.27. The zero-order valence-corrected chi connectivity index (χ0v) is 12.2. The first kappa shape index (κ1) is 15.2. The SMILES string of the molecule is C=C(CCc1cccnc1)CN(C(=C)C)C(=C)CC. The number of allylic oxidation sites excluding steroid dienone is 2. The molecule has 1 rings (SSSR count). The van der Waals surface area contributed by atoms with Gasteiger partial charge in [-0.3, -0.25) is 4.98 Å². The molecular formula is C17H24N2. The molecule has 0 aliphatic rings. The van der Waals surface area contributed by atoms with Gasteiger partial charge in [-0.25, -0.2) is 0 Å². The Hall–Kier alpha value is -1.83. The molecule has 19 heavy (non-hydrogen) atoms. The highest BCUT2D eigenvalue weighted by molar-refractivity contribution is 5.14. The van der Waals surface area contributed by atoms with Crippen LogP contribution >= 0.6 is 0 Å². The summed E-state index contributed by atoms with van der Waals surface area (Å²) >= 11 is 0. The molecule has 0 aliphatic heterocycles. The molecule has 0 amide bonds. The molecule has 1 aromatic rings. The van der Waals surface area contributed by atoms with Crippen LogP contribution < -0.4 is 0 Å². The molecule has 0 fully saturated rings. The minimum atomic E-state index is 0.808. The molecule has 0 unspecified atom stereocenters. The first-order valence-corrected chi connectivity index (χ1v) is 6.71. The summed E-state index contributed by atoms with van der Waals surface area (Å²) < 4.78 is 0. The van der Waals surface area contributed by atoms with Crippen LogP contribution in [0.15, 0.2) is 61.2 Å². The fourth-order valence-corrected chi connectivity index (χ4v) is 1.88. The highest BCUT2D eigenvalue weighted by Crippen LogP contribution is 2.17. The maximum atomic E-state index is 4.16. The second kappa shape index (κ2) is 7.57. The van der Waals surface area contributed by atoms with Crippen molar-refractivity contribution in [1.82, 2.24) is 9.88 Å². The fraction of sp³-hybridized carbons (Fsp3) is 0.353. The highest BCUT2D eigenvalue weighted by atomic mass is 15.1. The zero-order chi connectivity index (χ0) is 14.3. The minimum Gasteiger partial charge on any atom is -0.346 e. The molecule has 0 saturated heterocycles. The molecule has 2 heteroatoms. The molecule has 0 spiro atoms. The van der Waals surface area contributed by atoms with Crippen LogP contribution in [0.25, 0.3) is 0 Å². The number of rotatable bonds is 8. The lowest BCUT2D eigenvalue weighted by Crippen LogP contribution is -2.22.